The number of halogens is 1. The Morgan fingerprint density at radius 1 is 1.23 bits per heavy atom. The van der Waals surface area contributed by atoms with Crippen molar-refractivity contribution in [3.63, 3.8) is 0 Å². The standard InChI is InChI=1S/C6H11.C5H5Cl.Zr/c1-2-4-6-5-3-1;6-5-3-1-2-4-5;/h1H,2-6H2;1-3H,4H2;. The zero-order valence-corrected chi connectivity index (χ0v) is 11.1. The van der Waals surface area contributed by atoms with Crippen molar-refractivity contribution in [2.24, 2.45) is 0 Å². The summed E-state index contributed by atoms with van der Waals surface area (Å²) < 4.78 is 1.13. The molecule has 0 amide bonds. The third kappa shape index (κ3) is 5.86. The van der Waals surface area contributed by atoms with E-state index in [9.17, 15) is 0 Å². The normalized spacial score (nSPS) is 22.0. The van der Waals surface area contributed by atoms with Crippen molar-refractivity contribution in [3.8, 4) is 0 Å². The van der Waals surface area contributed by atoms with Gasteiger partial charge in [0, 0.05) is 11.5 Å². The maximum atomic E-state index is 5.51. The Balaban J connectivity index is 0.000000132. The van der Waals surface area contributed by atoms with Crippen molar-refractivity contribution < 1.29 is 24.7 Å². The van der Waals surface area contributed by atoms with Crippen LogP contribution >= 0.6 is 11.6 Å². The van der Waals surface area contributed by atoms with Gasteiger partial charge in [0.15, 0.2) is 0 Å². The third-order valence-corrected chi connectivity index (χ3v) is 4.03. The monoisotopic (exact) mass is 273 g/mol. The van der Waals surface area contributed by atoms with Gasteiger partial charge in [-0.15, -0.1) is 0 Å². The number of hydrogen-bond donors (Lipinski definition) is 0. The Labute approximate surface area is 101 Å². The quantitative estimate of drug-likeness (QED) is 0.616. The first-order chi connectivity index (χ1) is 6.29. The van der Waals surface area contributed by atoms with Crippen LogP contribution in [0.5, 0.6) is 0 Å². The molecule has 0 aromatic heterocycles. The van der Waals surface area contributed by atoms with Crippen LogP contribution in [0.2, 0.25) is 3.63 Å². The van der Waals surface area contributed by atoms with Gasteiger partial charge in [0.1, 0.15) is 0 Å². The van der Waals surface area contributed by atoms with Gasteiger partial charge in [0.25, 0.3) is 0 Å². The molecule has 13 heavy (non-hydrogen) atoms. The van der Waals surface area contributed by atoms with Crippen LogP contribution in [0.15, 0.2) is 23.3 Å². The summed E-state index contributed by atoms with van der Waals surface area (Å²) in [6.45, 7) is 0. The molecule has 0 aliphatic heterocycles. The molecule has 0 heterocycles. The van der Waals surface area contributed by atoms with Gasteiger partial charge in [-0.05, 0) is 6.08 Å². The van der Waals surface area contributed by atoms with E-state index in [-0.39, 0.29) is 0 Å². The fraction of sp³-hybridized carbons (Fsp3) is 0.636. The molecule has 71 valence electrons. The van der Waals surface area contributed by atoms with Crippen molar-refractivity contribution in [1.29, 1.82) is 0 Å². The van der Waals surface area contributed by atoms with E-state index >= 15 is 0 Å². The molecule has 0 N–H and O–H groups in total. The Bertz CT molecular complexity index is 190. The maximum absolute atomic E-state index is 5.51. The van der Waals surface area contributed by atoms with Crippen LogP contribution in [0.3, 0.4) is 0 Å². The predicted molar refractivity (Wildman–Crippen MR) is 54.5 cm³/mol. The molecule has 0 saturated heterocycles. The summed E-state index contributed by atoms with van der Waals surface area (Å²) >= 11 is 7.28. The SMILES string of the molecule is ClC1=CC=CC1.[Zr][CH]1CCCCC1. The molecule has 0 nitrogen and oxygen atoms in total. The van der Waals surface area contributed by atoms with Crippen LogP contribution in [0, 0.1) is 0 Å². The summed E-state index contributed by atoms with van der Waals surface area (Å²) in [6, 6.07) is 0. The van der Waals surface area contributed by atoms with Gasteiger partial charge in [-0.3, -0.25) is 0 Å². The van der Waals surface area contributed by atoms with E-state index in [0.29, 0.717) is 0 Å². The van der Waals surface area contributed by atoms with Crippen LogP contribution in [0.25, 0.3) is 0 Å². The second kappa shape index (κ2) is 7.01. The number of rotatable bonds is 0. The van der Waals surface area contributed by atoms with E-state index in [1.165, 1.54) is 32.1 Å². The molecule has 0 aromatic carbocycles. The summed E-state index contributed by atoms with van der Waals surface area (Å²) in [5, 5.41) is 0.940. The molecule has 0 radical (unpaired) electrons. The minimum atomic E-state index is 0.932. The van der Waals surface area contributed by atoms with Crippen LogP contribution < -0.4 is 0 Å². The molecule has 1 fully saturated rings. The molecule has 0 spiro atoms. The predicted octanol–water partition coefficient (Wildman–Crippen LogP) is 4.35. The van der Waals surface area contributed by atoms with Crippen LogP contribution in [0.4, 0.5) is 0 Å². The topological polar surface area (TPSA) is 0 Å². The van der Waals surface area contributed by atoms with Crippen molar-refractivity contribution in [1.82, 2.24) is 0 Å². The summed E-state index contributed by atoms with van der Waals surface area (Å²) in [6.07, 6.45) is 14.4. The first kappa shape index (κ1) is 11.7. The van der Waals surface area contributed by atoms with E-state index in [4.69, 9.17) is 11.6 Å². The molecular weight excluding hydrogens is 259 g/mol. The van der Waals surface area contributed by atoms with Gasteiger partial charge in [-0.25, -0.2) is 0 Å². The van der Waals surface area contributed by atoms with Crippen LogP contribution in [-0.4, -0.2) is 0 Å². The molecule has 1 saturated carbocycles. The molecular formula is C11H16ClZr. The zero-order valence-electron chi connectivity index (χ0n) is 7.93. The molecule has 2 aliphatic rings. The molecule has 0 bridgehead atoms. The molecule has 0 aromatic rings. The minimum absolute atomic E-state index is 0.932. The van der Waals surface area contributed by atoms with Crippen molar-refractivity contribution >= 4 is 11.6 Å². The molecule has 2 heteroatoms. The Morgan fingerprint density at radius 3 is 2.15 bits per heavy atom. The second-order valence-electron chi connectivity index (χ2n) is 3.58. The second-order valence-corrected chi connectivity index (χ2v) is 6.07. The zero-order chi connectivity index (χ0) is 9.52. The number of hydrogen-bond acceptors (Lipinski definition) is 0. The van der Waals surface area contributed by atoms with E-state index in [0.717, 1.165) is 15.1 Å². The van der Waals surface area contributed by atoms with Crippen LogP contribution in [0.1, 0.15) is 38.5 Å². The third-order valence-electron chi connectivity index (χ3n) is 2.33. The van der Waals surface area contributed by atoms with Gasteiger partial charge in [0.05, 0.1) is 0 Å². The molecule has 0 unspecified atom stereocenters. The summed E-state index contributed by atoms with van der Waals surface area (Å²) in [5.74, 6) is 0. The van der Waals surface area contributed by atoms with Crippen molar-refractivity contribution in [2.45, 2.75) is 42.2 Å². The van der Waals surface area contributed by atoms with E-state index < -0.39 is 0 Å². The van der Waals surface area contributed by atoms with Gasteiger partial charge >= 0.3 is 60.4 Å². The van der Waals surface area contributed by atoms with Gasteiger partial charge < -0.3 is 0 Å². The Morgan fingerprint density at radius 2 is 1.92 bits per heavy atom. The van der Waals surface area contributed by atoms with Gasteiger partial charge in [0.2, 0.25) is 0 Å². The van der Waals surface area contributed by atoms with E-state index in [1.54, 1.807) is 24.7 Å². The summed E-state index contributed by atoms with van der Waals surface area (Å²) in [4.78, 5) is 0. The molecule has 2 rings (SSSR count). The van der Waals surface area contributed by atoms with E-state index in [2.05, 4.69) is 0 Å². The van der Waals surface area contributed by atoms with Gasteiger partial charge in [-0.1, -0.05) is 23.8 Å². The molecule has 2 aliphatic carbocycles. The average molecular weight is 275 g/mol. The van der Waals surface area contributed by atoms with Gasteiger partial charge in [-0.2, -0.15) is 0 Å². The summed E-state index contributed by atoms with van der Waals surface area (Å²) in [7, 11) is 0. The Hall–Kier alpha value is 0.653. The first-order valence-electron chi connectivity index (χ1n) is 5.01. The van der Waals surface area contributed by atoms with Crippen LogP contribution in [-0.2, 0) is 24.7 Å². The van der Waals surface area contributed by atoms with E-state index in [1.807, 2.05) is 18.2 Å². The number of allylic oxidation sites excluding steroid dienone is 4. The molecule has 0 atom stereocenters. The summed E-state index contributed by atoms with van der Waals surface area (Å²) in [5.41, 5.74) is 0. The van der Waals surface area contributed by atoms with Crippen molar-refractivity contribution in [2.75, 3.05) is 0 Å². The fourth-order valence-corrected chi connectivity index (χ4v) is 2.69. The first-order valence-corrected chi connectivity index (χ1v) is 6.81. The average Bonchev–Trinajstić information content (AvgIpc) is 2.58. The van der Waals surface area contributed by atoms with Crippen molar-refractivity contribution in [3.05, 3.63) is 23.3 Å². The Kier molecular flexibility index (Phi) is 6.33. The fourth-order valence-electron chi connectivity index (χ4n) is 1.52.